The van der Waals surface area contributed by atoms with Crippen molar-refractivity contribution < 1.29 is 18.7 Å². The third-order valence-electron chi connectivity index (χ3n) is 5.21. The van der Waals surface area contributed by atoms with Gasteiger partial charge >= 0.3 is 0 Å². The summed E-state index contributed by atoms with van der Waals surface area (Å²) in [7, 11) is 3.12. The quantitative estimate of drug-likeness (QED) is 0.584. The molecule has 1 saturated heterocycles. The standard InChI is InChI=1S/C22H23FN4O3S/c1-29-17-7-8-18(19(14-17)30-2)21(28)26-9-11-27(12-10-26)22-24-20(25-31-22)13-15-3-5-16(23)6-4-15/h3-8,14H,9-13H2,1-2H3. The fraction of sp³-hybridized carbons (Fsp3) is 0.318. The Balaban J connectivity index is 1.37. The summed E-state index contributed by atoms with van der Waals surface area (Å²) in [5.74, 6) is 1.55. The second-order valence-corrected chi connectivity index (χ2v) is 7.87. The van der Waals surface area contributed by atoms with Crippen LogP contribution in [0.1, 0.15) is 21.7 Å². The number of carbonyl (C=O) groups excluding carboxylic acids is 1. The molecular weight excluding hydrogens is 419 g/mol. The highest BCUT2D eigenvalue weighted by Crippen LogP contribution is 2.27. The van der Waals surface area contributed by atoms with E-state index in [1.54, 1.807) is 44.6 Å². The number of methoxy groups -OCH3 is 2. The SMILES string of the molecule is COc1ccc(C(=O)N2CCN(c3nc(Cc4ccc(F)cc4)ns3)CC2)c(OC)c1. The van der Waals surface area contributed by atoms with Crippen molar-refractivity contribution in [3.05, 3.63) is 65.2 Å². The molecule has 4 rings (SSSR count). The predicted molar refractivity (Wildman–Crippen MR) is 117 cm³/mol. The normalized spacial score (nSPS) is 13.9. The molecule has 1 aliphatic rings. The van der Waals surface area contributed by atoms with Crippen molar-refractivity contribution in [2.24, 2.45) is 0 Å². The molecule has 0 saturated carbocycles. The highest BCUT2D eigenvalue weighted by molar-refractivity contribution is 7.09. The van der Waals surface area contributed by atoms with Crippen LogP contribution in [0.15, 0.2) is 42.5 Å². The Morgan fingerprint density at radius 3 is 2.48 bits per heavy atom. The van der Waals surface area contributed by atoms with Crippen LogP contribution >= 0.6 is 11.5 Å². The largest absolute Gasteiger partial charge is 0.497 e. The zero-order valence-corrected chi connectivity index (χ0v) is 18.2. The van der Waals surface area contributed by atoms with Crippen molar-refractivity contribution in [2.75, 3.05) is 45.3 Å². The molecule has 0 N–H and O–H groups in total. The lowest BCUT2D eigenvalue weighted by atomic mass is 10.1. The van der Waals surface area contributed by atoms with E-state index in [1.807, 2.05) is 4.90 Å². The minimum absolute atomic E-state index is 0.0617. The number of halogens is 1. The van der Waals surface area contributed by atoms with Crippen LogP contribution in [0.5, 0.6) is 11.5 Å². The van der Waals surface area contributed by atoms with Gasteiger partial charge in [-0.2, -0.15) is 4.37 Å². The molecule has 0 radical (unpaired) electrons. The van der Waals surface area contributed by atoms with Crippen LogP contribution in [0.4, 0.5) is 9.52 Å². The molecule has 7 nitrogen and oxygen atoms in total. The summed E-state index contributed by atoms with van der Waals surface area (Å²) in [6.45, 7) is 2.52. The highest BCUT2D eigenvalue weighted by Gasteiger charge is 2.26. The Morgan fingerprint density at radius 2 is 1.81 bits per heavy atom. The van der Waals surface area contributed by atoms with E-state index in [2.05, 4.69) is 14.3 Å². The number of carbonyl (C=O) groups is 1. The number of hydrogen-bond acceptors (Lipinski definition) is 7. The van der Waals surface area contributed by atoms with Crippen molar-refractivity contribution in [2.45, 2.75) is 6.42 Å². The lowest BCUT2D eigenvalue weighted by Crippen LogP contribution is -2.48. The molecule has 0 aliphatic carbocycles. The molecule has 1 aliphatic heterocycles. The molecule has 31 heavy (non-hydrogen) atoms. The van der Waals surface area contributed by atoms with Gasteiger partial charge in [0.05, 0.1) is 19.8 Å². The summed E-state index contributed by atoms with van der Waals surface area (Å²) in [5, 5.41) is 0.839. The van der Waals surface area contributed by atoms with Gasteiger partial charge in [-0.3, -0.25) is 4.79 Å². The Labute approximate surface area is 184 Å². The highest BCUT2D eigenvalue weighted by atomic mass is 32.1. The molecule has 1 fully saturated rings. The van der Waals surface area contributed by atoms with Crippen molar-refractivity contribution in [3.8, 4) is 11.5 Å². The number of rotatable bonds is 6. The van der Waals surface area contributed by atoms with Gasteiger partial charge in [0, 0.05) is 50.2 Å². The summed E-state index contributed by atoms with van der Waals surface area (Å²) in [6, 6.07) is 11.6. The van der Waals surface area contributed by atoms with E-state index in [-0.39, 0.29) is 11.7 Å². The second kappa shape index (κ2) is 9.30. The van der Waals surface area contributed by atoms with Gasteiger partial charge in [-0.15, -0.1) is 0 Å². The molecule has 0 spiro atoms. The summed E-state index contributed by atoms with van der Waals surface area (Å²) < 4.78 is 28.1. The molecule has 1 amide bonds. The number of amides is 1. The zero-order valence-electron chi connectivity index (χ0n) is 17.4. The Hall–Kier alpha value is -3.20. The first-order valence-corrected chi connectivity index (χ1v) is 10.7. The molecule has 0 unspecified atom stereocenters. The van der Waals surface area contributed by atoms with E-state index >= 15 is 0 Å². The van der Waals surface area contributed by atoms with E-state index in [9.17, 15) is 9.18 Å². The first-order chi connectivity index (χ1) is 15.1. The fourth-order valence-corrected chi connectivity index (χ4v) is 4.21. The van der Waals surface area contributed by atoms with E-state index in [1.165, 1.54) is 23.7 Å². The van der Waals surface area contributed by atoms with Crippen LogP contribution in [0.25, 0.3) is 0 Å². The van der Waals surface area contributed by atoms with Crippen LogP contribution < -0.4 is 14.4 Å². The minimum Gasteiger partial charge on any atom is -0.497 e. The number of benzene rings is 2. The smallest absolute Gasteiger partial charge is 0.257 e. The van der Waals surface area contributed by atoms with Crippen LogP contribution in [0.3, 0.4) is 0 Å². The molecule has 2 heterocycles. The van der Waals surface area contributed by atoms with Crippen molar-refractivity contribution >= 4 is 22.6 Å². The van der Waals surface area contributed by atoms with Gasteiger partial charge in [-0.05, 0) is 29.8 Å². The summed E-state index contributed by atoms with van der Waals surface area (Å²) in [4.78, 5) is 21.6. The molecule has 1 aromatic heterocycles. The number of hydrogen-bond donors (Lipinski definition) is 0. The maximum absolute atomic E-state index is 13.1. The van der Waals surface area contributed by atoms with Gasteiger partial charge in [0.15, 0.2) is 0 Å². The Kier molecular flexibility index (Phi) is 6.31. The number of aromatic nitrogens is 2. The lowest BCUT2D eigenvalue weighted by molar-refractivity contribution is 0.0743. The molecule has 3 aromatic rings. The fourth-order valence-electron chi connectivity index (χ4n) is 3.48. The van der Waals surface area contributed by atoms with Crippen LogP contribution in [0, 0.1) is 5.82 Å². The van der Waals surface area contributed by atoms with E-state index < -0.39 is 0 Å². The molecule has 2 aromatic carbocycles. The van der Waals surface area contributed by atoms with Gasteiger partial charge in [-0.1, -0.05) is 12.1 Å². The summed E-state index contributed by atoms with van der Waals surface area (Å²) in [5.41, 5.74) is 1.49. The summed E-state index contributed by atoms with van der Waals surface area (Å²) >= 11 is 1.35. The van der Waals surface area contributed by atoms with Gasteiger partial charge in [0.1, 0.15) is 23.1 Å². The maximum Gasteiger partial charge on any atom is 0.257 e. The predicted octanol–water partition coefficient (Wildman–Crippen LogP) is 3.25. The molecule has 0 bridgehead atoms. The molecule has 0 atom stereocenters. The van der Waals surface area contributed by atoms with Crippen LogP contribution in [0.2, 0.25) is 0 Å². The minimum atomic E-state index is -0.254. The average molecular weight is 443 g/mol. The van der Waals surface area contributed by atoms with E-state index in [4.69, 9.17) is 9.47 Å². The van der Waals surface area contributed by atoms with Gasteiger partial charge in [0.2, 0.25) is 5.13 Å². The van der Waals surface area contributed by atoms with Crippen LogP contribution in [-0.4, -0.2) is 60.6 Å². The van der Waals surface area contributed by atoms with Gasteiger partial charge in [0.25, 0.3) is 5.91 Å². The number of nitrogens with zero attached hydrogens (tertiary/aromatic N) is 4. The number of ether oxygens (including phenoxy) is 2. The zero-order chi connectivity index (χ0) is 21.8. The average Bonchev–Trinajstić information content (AvgIpc) is 3.28. The third-order valence-corrected chi connectivity index (χ3v) is 6.02. The van der Waals surface area contributed by atoms with E-state index in [0.717, 1.165) is 10.7 Å². The van der Waals surface area contributed by atoms with Crippen LogP contribution in [-0.2, 0) is 6.42 Å². The maximum atomic E-state index is 13.1. The third kappa shape index (κ3) is 4.77. The van der Waals surface area contributed by atoms with Gasteiger partial charge in [-0.25, -0.2) is 9.37 Å². The first kappa shape index (κ1) is 21.0. The summed E-state index contributed by atoms with van der Waals surface area (Å²) in [6.07, 6.45) is 0.562. The van der Waals surface area contributed by atoms with Crippen molar-refractivity contribution in [1.82, 2.24) is 14.3 Å². The van der Waals surface area contributed by atoms with Gasteiger partial charge < -0.3 is 19.3 Å². The second-order valence-electron chi connectivity index (χ2n) is 7.14. The van der Waals surface area contributed by atoms with E-state index in [0.29, 0.717) is 55.5 Å². The lowest BCUT2D eigenvalue weighted by Gasteiger charge is -2.34. The molecular formula is C22H23FN4O3S. The monoisotopic (exact) mass is 442 g/mol. The molecule has 9 heteroatoms. The molecule has 162 valence electrons. The number of piperazine rings is 1. The van der Waals surface area contributed by atoms with Crippen molar-refractivity contribution in [3.63, 3.8) is 0 Å². The van der Waals surface area contributed by atoms with Crippen molar-refractivity contribution in [1.29, 1.82) is 0 Å². The Bertz CT molecular complexity index is 1050. The Morgan fingerprint density at radius 1 is 1.06 bits per heavy atom. The topological polar surface area (TPSA) is 67.8 Å². The number of anilines is 1. The first-order valence-electron chi connectivity index (χ1n) is 9.90.